The molecule has 0 aliphatic carbocycles. The summed E-state index contributed by atoms with van der Waals surface area (Å²) < 4.78 is 18.9. The minimum atomic E-state index is -0.217. The van der Waals surface area contributed by atoms with E-state index in [-0.39, 0.29) is 29.8 Å². The predicted octanol–water partition coefficient (Wildman–Crippen LogP) is 5.35. The number of amides is 1. The van der Waals surface area contributed by atoms with Crippen LogP contribution in [0.2, 0.25) is 0 Å². The van der Waals surface area contributed by atoms with Crippen molar-refractivity contribution in [2.45, 2.75) is 39.5 Å². The van der Waals surface area contributed by atoms with E-state index in [1.807, 2.05) is 12.1 Å². The second-order valence-electron chi connectivity index (χ2n) is 8.23. The molecule has 0 aliphatic rings. The average Bonchev–Trinajstić information content (AvgIpc) is 2.77. The highest BCUT2D eigenvalue weighted by molar-refractivity contribution is 5.78. The van der Waals surface area contributed by atoms with E-state index in [1.165, 1.54) is 30.4 Å². The van der Waals surface area contributed by atoms with Gasteiger partial charge in [-0.15, -0.1) is 0 Å². The van der Waals surface area contributed by atoms with Crippen LogP contribution in [0.4, 0.5) is 4.39 Å². The lowest BCUT2D eigenvalue weighted by Gasteiger charge is -2.20. The van der Waals surface area contributed by atoms with Gasteiger partial charge in [0, 0.05) is 12.5 Å². The molecular weight excluding hydrogens is 405 g/mol. The van der Waals surface area contributed by atoms with Gasteiger partial charge < -0.3 is 15.2 Å². The third kappa shape index (κ3) is 5.67. The molecule has 4 nitrogen and oxygen atoms in total. The Hall–Kier alpha value is -3.34. The lowest BCUT2D eigenvalue weighted by atomic mass is 9.86. The Morgan fingerprint density at radius 2 is 1.66 bits per heavy atom. The van der Waals surface area contributed by atoms with Gasteiger partial charge in [-0.2, -0.15) is 0 Å². The highest BCUT2D eigenvalue weighted by atomic mass is 19.1. The van der Waals surface area contributed by atoms with Crippen molar-refractivity contribution < 1.29 is 19.0 Å². The van der Waals surface area contributed by atoms with E-state index in [0.29, 0.717) is 24.3 Å². The Labute approximate surface area is 189 Å². The van der Waals surface area contributed by atoms with Gasteiger partial charge in [0.15, 0.2) is 11.5 Å². The normalized spacial score (nSPS) is 11.8. The number of benzene rings is 3. The average molecular weight is 436 g/mol. The largest absolute Gasteiger partial charge is 0.504 e. The zero-order chi connectivity index (χ0) is 23.3. The molecule has 3 aromatic carbocycles. The molecule has 3 aromatic rings. The topological polar surface area (TPSA) is 58.6 Å². The van der Waals surface area contributed by atoms with Crippen LogP contribution in [0.5, 0.6) is 11.5 Å². The molecule has 0 radical (unpaired) electrons. The number of methoxy groups -OCH3 is 1. The van der Waals surface area contributed by atoms with Gasteiger partial charge in [0.05, 0.1) is 13.5 Å². The number of phenols is 1. The van der Waals surface area contributed by atoms with Gasteiger partial charge in [0.25, 0.3) is 0 Å². The maximum absolute atomic E-state index is 13.8. The maximum atomic E-state index is 13.8. The number of rotatable bonds is 8. The molecule has 1 amide bonds. The molecule has 0 fully saturated rings. The van der Waals surface area contributed by atoms with Gasteiger partial charge in [-0.05, 0) is 78.8 Å². The molecular formula is C27H30FNO3. The standard InChI is InChI=1S/C27H30FNO3/c1-17-5-7-21(13-18(17)2)23(22-8-9-24(28)19(3)14-22)11-12-29-27(31)16-20-6-10-25(30)26(15-20)32-4/h5-10,13-15,23,30H,11-12,16H2,1-4H3,(H,29,31). The van der Waals surface area contributed by atoms with Crippen LogP contribution in [0.1, 0.15) is 45.7 Å². The molecule has 0 spiro atoms. The van der Waals surface area contributed by atoms with Crippen LogP contribution in [0, 0.1) is 26.6 Å². The summed E-state index contributed by atoms with van der Waals surface area (Å²) in [6.07, 6.45) is 0.888. The van der Waals surface area contributed by atoms with E-state index in [4.69, 9.17) is 4.74 Å². The van der Waals surface area contributed by atoms with E-state index >= 15 is 0 Å². The fraction of sp³-hybridized carbons (Fsp3) is 0.296. The van der Waals surface area contributed by atoms with Crippen molar-refractivity contribution in [2.24, 2.45) is 0 Å². The summed E-state index contributed by atoms with van der Waals surface area (Å²) in [5.74, 6) is 0.110. The SMILES string of the molecule is COc1cc(CC(=O)NCCC(c2ccc(C)c(C)c2)c2ccc(F)c(C)c2)ccc1O. The first-order valence-electron chi connectivity index (χ1n) is 10.7. The van der Waals surface area contributed by atoms with Crippen molar-refractivity contribution in [3.63, 3.8) is 0 Å². The molecule has 0 aromatic heterocycles. The first-order valence-corrected chi connectivity index (χ1v) is 10.7. The van der Waals surface area contributed by atoms with Crippen molar-refractivity contribution in [3.8, 4) is 11.5 Å². The van der Waals surface area contributed by atoms with E-state index in [2.05, 4.69) is 37.4 Å². The second kappa shape index (κ2) is 10.3. The third-order valence-corrected chi connectivity index (χ3v) is 5.88. The molecule has 0 heterocycles. The van der Waals surface area contributed by atoms with E-state index in [9.17, 15) is 14.3 Å². The monoisotopic (exact) mass is 435 g/mol. The molecule has 0 aliphatic heterocycles. The number of phenolic OH excluding ortho intramolecular Hbond substituents is 1. The fourth-order valence-electron chi connectivity index (χ4n) is 3.83. The van der Waals surface area contributed by atoms with E-state index in [1.54, 1.807) is 19.1 Å². The van der Waals surface area contributed by atoms with Gasteiger partial charge in [-0.25, -0.2) is 4.39 Å². The summed E-state index contributed by atoms with van der Waals surface area (Å²) in [6, 6.07) is 16.5. The number of hydrogen-bond acceptors (Lipinski definition) is 3. The summed E-state index contributed by atoms with van der Waals surface area (Å²) >= 11 is 0. The van der Waals surface area contributed by atoms with Crippen LogP contribution in [-0.4, -0.2) is 24.7 Å². The maximum Gasteiger partial charge on any atom is 0.224 e. The summed E-state index contributed by atoms with van der Waals surface area (Å²) in [5.41, 5.74) is 5.98. The van der Waals surface area contributed by atoms with Crippen molar-refractivity contribution in [1.82, 2.24) is 5.32 Å². The minimum absolute atomic E-state index is 0.0440. The highest BCUT2D eigenvalue weighted by Gasteiger charge is 2.17. The molecule has 5 heteroatoms. The Morgan fingerprint density at radius 3 is 2.31 bits per heavy atom. The molecule has 0 bridgehead atoms. The first kappa shape index (κ1) is 23.3. The van der Waals surface area contributed by atoms with Gasteiger partial charge in [-0.1, -0.05) is 36.4 Å². The van der Waals surface area contributed by atoms with Gasteiger partial charge in [0.1, 0.15) is 5.82 Å². The van der Waals surface area contributed by atoms with Gasteiger partial charge in [0.2, 0.25) is 5.91 Å². The summed E-state index contributed by atoms with van der Waals surface area (Å²) in [5, 5.41) is 12.7. The fourth-order valence-corrected chi connectivity index (χ4v) is 3.83. The third-order valence-electron chi connectivity index (χ3n) is 5.88. The number of carbonyl (C=O) groups excluding carboxylic acids is 1. The Morgan fingerprint density at radius 1 is 0.969 bits per heavy atom. The van der Waals surface area contributed by atoms with Crippen LogP contribution >= 0.6 is 0 Å². The van der Waals surface area contributed by atoms with Crippen molar-refractivity contribution in [3.05, 3.63) is 93.8 Å². The van der Waals surface area contributed by atoms with Crippen molar-refractivity contribution in [2.75, 3.05) is 13.7 Å². The summed E-state index contributed by atoms with van der Waals surface area (Å²) in [7, 11) is 1.48. The molecule has 1 atom stereocenters. The van der Waals surface area contributed by atoms with Crippen LogP contribution < -0.4 is 10.1 Å². The quantitative estimate of drug-likeness (QED) is 0.502. The summed E-state index contributed by atoms with van der Waals surface area (Å²) in [4.78, 5) is 12.5. The van der Waals surface area contributed by atoms with Crippen LogP contribution in [0.25, 0.3) is 0 Å². The Kier molecular flexibility index (Phi) is 7.52. The molecule has 168 valence electrons. The second-order valence-corrected chi connectivity index (χ2v) is 8.23. The van der Waals surface area contributed by atoms with Crippen LogP contribution in [-0.2, 0) is 11.2 Å². The van der Waals surface area contributed by atoms with Gasteiger partial charge in [-0.3, -0.25) is 4.79 Å². The number of nitrogens with one attached hydrogen (secondary N) is 1. The molecule has 2 N–H and O–H groups in total. The molecule has 32 heavy (non-hydrogen) atoms. The Balaban J connectivity index is 1.71. The minimum Gasteiger partial charge on any atom is -0.504 e. The number of aryl methyl sites for hydroxylation is 3. The van der Waals surface area contributed by atoms with E-state index in [0.717, 1.165) is 16.7 Å². The molecule has 0 saturated carbocycles. The summed E-state index contributed by atoms with van der Waals surface area (Å²) in [6.45, 7) is 6.42. The number of aromatic hydroxyl groups is 1. The number of hydrogen-bond donors (Lipinski definition) is 2. The number of halogens is 1. The number of ether oxygens (including phenoxy) is 1. The lowest BCUT2D eigenvalue weighted by molar-refractivity contribution is -0.120. The Bertz CT molecular complexity index is 1060. The van der Waals surface area contributed by atoms with Crippen LogP contribution in [0.15, 0.2) is 54.6 Å². The molecule has 1 unspecified atom stereocenters. The zero-order valence-corrected chi connectivity index (χ0v) is 19.0. The lowest BCUT2D eigenvalue weighted by Crippen LogP contribution is -2.27. The zero-order valence-electron chi connectivity index (χ0n) is 19.0. The number of carbonyl (C=O) groups is 1. The van der Waals surface area contributed by atoms with Crippen molar-refractivity contribution >= 4 is 5.91 Å². The first-order chi connectivity index (χ1) is 15.3. The van der Waals surface area contributed by atoms with Gasteiger partial charge >= 0.3 is 0 Å². The van der Waals surface area contributed by atoms with Crippen molar-refractivity contribution in [1.29, 1.82) is 0 Å². The molecule has 0 saturated heterocycles. The molecule has 3 rings (SSSR count). The van der Waals surface area contributed by atoms with Crippen LogP contribution in [0.3, 0.4) is 0 Å². The van der Waals surface area contributed by atoms with E-state index < -0.39 is 0 Å². The highest BCUT2D eigenvalue weighted by Crippen LogP contribution is 2.30. The predicted molar refractivity (Wildman–Crippen MR) is 125 cm³/mol. The smallest absolute Gasteiger partial charge is 0.224 e.